The van der Waals surface area contributed by atoms with Crippen molar-refractivity contribution in [2.24, 2.45) is 5.16 Å². The molecule has 1 rings (SSSR count). The molecule has 0 aromatic carbocycles. The second kappa shape index (κ2) is 1.87. The first-order valence-electron chi connectivity index (χ1n) is 2.72. The number of alkyl halides is 3. The van der Waals surface area contributed by atoms with Crippen LogP contribution in [-0.2, 0) is 4.84 Å². The van der Waals surface area contributed by atoms with Gasteiger partial charge >= 0.3 is 6.18 Å². The molecule has 0 aromatic heterocycles. The van der Waals surface area contributed by atoms with Crippen LogP contribution >= 0.6 is 0 Å². The fourth-order valence-corrected chi connectivity index (χ4v) is 0.570. The van der Waals surface area contributed by atoms with E-state index in [9.17, 15) is 13.2 Å². The van der Waals surface area contributed by atoms with E-state index in [0.29, 0.717) is 0 Å². The Morgan fingerprint density at radius 2 is 2.20 bits per heavy atom. The SMILES string of the molecule is CC1(C(F)(F)F)CC=NO1. The fourth-order valence-electron chi connectivity index (χ4n) is 0.570. The maximum atomic E-state index is 11.9. The average Bonchev–Trinajstić information content (AvgIpc) is 2.13. The topological polar surface area (TPSA) is 21.6 Å². The molecular formula is C5H6F3NO. The van der Waals surface area contributed by atoms with Gasteiger partial charge in [-0.1, -0.05) is 5.16 Å². The van der Waals surface area contributed by atoms with E-state index in [1.54, 1.807) is 0 Å². The van der Waals surface area contributed by atoms with Crippen molar-refractivity contribution in [3.63, 3.8) is 0 Å². The summed E-state index contributed by atoms with van der Waals surface area (Å²) in [5.41, 5.74) is -2.09. The first-order valence-corrected chi connectivity index (χ1v) is 2.72. The second-order valence-electron chi connectivity index (χ2n) is 2.31. The highest BCUT2D eigenvalue weighted by atomic mass is 19.4. The number of oxime groups is 1. The van der Waals surface area contributed by atoms with Gasteiger partial charge < -0.3 is 4.84 Å². The van der Waals surface area contributed by atoms with Crippen LogP contribution in [0.4, 0.5) is 13.2 Å². The van der Waals surface area contributed by atoms with E-state index in [4.69, 9.17) is 0 Å². The van der Waals surface area contributed by atoms with Crippen LogP contribution in [0.5, 0.6) is 0 Å². The summed E-state index contributed by atoms with van der Waals surface area (Å²) in [4.78, 5) is 4.15. The summed E-state index contributed by atoms with van der Waals surface area (Å²) in [6, 6.07) is 0. The summed E-state index contributed by atoms with van der Waals surface area (Å²) in [6.45, 7) is 0.972. The van der Waals surface area contributed by atoms with Crippen molar-refractivity contribution in [2.45, 2.75) is 25.1 Å². The minimum Gasteiger partial charge on any atom is -0.380 e. The Bertz CT molecular complexity index is 155. The third kappa shape index (κ3) is 0.955. The molecule has 5 heteroatoms. The summed E-state index contributed by atoms with van der Waals surface area (Å²) in [5.74, 6) is 0. The third-order valence-electron chi connectivity index (χ3n) is 1.41. The van der Waals surface area contributed by atoms with Gasteiger partial charge in [-0.05, 0) is 6.92 Å². The molecule has 1 aliphatic heterocycles. The molecule has 0 saturated heterocycles. The summed E-state index contributed by atoms with van der Waals surface area (Å²) in [6.07, 6.45) is -3.41. The van der Waals surface area contributed by atoms with Gasteiger partial charge in [-0.3, -0.25) is 0 Å². The molecule has 1 unspecified atom stereocenters. The molecule has 0 aromatic rings. The van der Waals surface area contributed by atoms with Gasteiger partial charge in [0.15, 0.2) is 0 Å². The summed E-state index contributed by atoms with van der Waals surface area (Å²) in [5, 5.41) is 3.06. The van der Waals surface area contributed by atoms with Crippen LogP contribution < -0.4 is 0 Å². The maximum absolute atomic E-state index is 11.9. The van der Waals surface area contributed by atoms with Crippen LogP contribution in [-0.4, -0.2) is 18.0 Å². The first kappa shape index (κ1) is 7.37. The highest BCUT2D eigenvalue weighted by molar-refractivity contribution is 5.60. The van der Waals surface area contributed by atoms with Crippen molar-refractivity contribution in [1.82, 2.24) is 0 Å². The van der Waals surface area contributed by atoms with Crippen molar-refractivity contribution in [1.29, 1.82) is 0 Å². The molecule has 0 spiro atoms. The van der Waals surface area contributed by atoms with E-state index in [2.05, 4.69) is 9.99 Å². The lowest BCUT2D eigenvalue weighted by Crippen LogP contribution is -2.41. The Morgan fingerprint density at radius 3 is 2.40 bits per heavy atom. The highest BCUT2D eigenvalue weighted by Gasteiger charge is 2.55. The van der Waals surface area contributed by atoms with Gasteiger partial charge in [0.1, 0.15) is 0 Å². The lowest BCUT2D eigenvalue weighted by atomic mass is 10.0. The largest absolute Gasteiger partial charge is 0.431 e. The number of rotatable bonds is 0. The van der Waals surface area contributed by atoms with Crippen molar-refractivity contribution in [3.05, 3.63) is 0 Å². The van der Waals surface area contributed by atoms with E-state index in [0.717, 1.165) is 13.1 Å². The van der Waals surface area contributed by atoms with Crippen molar-refractivity contribution < 1.29 is 18.0 Å². The van der Waals surface area contributed by atoms with Gasteiger partial charge in [-0.25, -0.2) is 0 Å². The molecule has 0 radical (unpaired) electrons. The Labute approximate surface area is 55.7 Å². The Morgan fingerprint density at radius 1 is 1.60 bits per heavy atom. The molecule has 0 amide bonds. The quantitative estimate of drug-likeness (QED) is 0.519. The second-order valence-corrected chi connectivity index (χ2v) is 2.31. The molecule has 0 aliphatic carbocycles. The van der Waals surface area contributed by atoms with Crippen LogP contribution in [0.15, 0.2) is 5.16 Å². The van der Waals surface area contributed by atoms with Gasteiger partial charge in [0.2, 0.25) is 5.60 Å². The number of hydrogen-bond acceptors (Lipinski definition) is 2. The van der Waals surface area contributed by atoms with E-state index < -0.39 is 11.8 Å². The molecule has 10 heavy (non-hydrogen) atoms. The van der Waals surface area contributed by atoms with Crippen LogP contribution in [0.1, 0.15) is 13.3 Å². The molecule has 0 N–H and O–H groups in total. The number of halogens is 3. The van der Waals surface area contributed by atoms with E-state index >= 15 is 0 Å². The molecule has 0 bridgehead atoms. The first-order chi connectivity index (χ1) is 4.46. The summed E-state index contributed by atoms with van der Waals surface area (Å²) >= 11 is 0. The molecule has 1 heterocycles. The number of hydrogen-bond donors (Lipinski definition) is 0. The monoisotopic (exact) mass is 153 g/mol. The molecule has 1 atom stereocenters. The molecule has 1 aliphatic rings. The highest BCUT2D eigenvalue weighted by Crippen LogP contribution is 2.37. The van der Waals surface area contributed by atoms with Gasteiger partial charge in [-0.2, -0.15) is 13.2 Å². The van der Waals surface area contributed by atoms with Gasteiger partial charge in [0, 0.05) is 12.6 Å². The van der Waals surface area contributed by atoms with Gasteiger partial charge in [-0.15, -0.1) is 0 Å². The minimum atomic E-state index is -4.33. The standard InChI is InChI=1S/C5H6F3NO/c1-4(5(6,7)8)2-3-9-10-4/h3H,2H2,1H3. The zero-order valence-electron chi connectivity index (χ0n) is 5.27. The minimum absolute atomic E-state index is 0.198. The van der Waals surface area contributed by atoms with Crippen molar-refractivity contribution in [2.75, 3.05) is 0 Å². The van der Waals surface area contributed by atoms with E-state index in [-0.39, 0.29) is 6.42 Å². The molecule has 2 nitrogen and oxygen atoms in total. The van der Waals surface area contributed by atoms with Crippen LogP contribution in [0.2, 0.25) is 0 Å². The Balaban J connectivity index is 2.71. The maximum Gasteiger partial charge on any atom is 0.431 e. The van der Waals surface area contributed by atoms with E-state index in [1.165, 1.54) is 0 Å². The van der Waals surface area contributed by atoms with Crippen molar-refractivity contribution >= 4 is 6.21 Å². The van der Waals surface area contributed by atoms with Crippen LogP contribution in [0, 0.1) is 0 Å². The lowest BCUT2D eigenvalue weighted by molar-refractivity contribution is -0.261. The normalized spacial score (nSPS) is 32.4. The van der Waals surface area contributed by atoms with Gasteiger partial charge in [0.05, 0.1) is 0 Å². The average molecular weight is 153 g/mol. The van der Waals surface area contributed by atoms with Gasteiger partial charge in [0.25, 0.3) is 0 Å². The molecule has 0 saturated carbocycles. The smallest absolute Gasteiger partial charge is 0.380 e. The lowest BCUT2D eigenvalue weighted by Gasteiger charge is -2.23. The summed E-state index contributed by atoms with van der Waals surface area (Å²) in [7, 11) is 0. The zero-order valence-corrected chi connectivity index (χ0v) is 5.27. The van der Waals surface area contributed by atoms with Crippen LogP contribution in [0.3, 0.4) is 0 Å². The van der Waals surface area contributed by atoms with Crippen molar-refractivity contribution in [3.8, 4) is 0 Å². The predicted octanol–water partition coefficient (Wildman–Crippen LogP) is 1.71. The van der Waals surface area contributed by atoms with Crippen LogP contribution in [0.25, 0.3) is 0 Å². The molecule has 0 fully saturated rings. The summed E-state index contributed by atoms with van der Waals surface area (Å²) < 4.78 is 35.8. The molecular weight excluding hydrogens is 147 g/mol. The number of nitrogens with zero attached hydrogens (tertiary/aromatic N) is 1. The fraction of sp³-hybridized carbons (Fsp3) is 0.800. The zero-order chi connectivity index (χ0) is 7.83. The molecule has 58 valence electrons. The van der Waals surface area contributed by atoms with E-state index in [1.807, 2.05) is 0 Å². The third-order valence-corrected chi connectivity index (χ3v) is 1.41. The Kier molecular flexibility index (Phi) is 1.38. The predicted molar refractivity (Wildman–Crippen MR) is 28.7 cm³/mol. The Hall–Kier alpha value is -0.740.